The molecule has 0 spiro atoms. The quantitative estimate of drug-likeness (QED) is 0.881. The number of nitrogens with one attached hydrogen (secondary N) is 1. The van der Waals surface area contributed by atoms with E-state index in [0.717, 1.165) is 27.1 Å². The first-order valence-electron chi connectivity index (χ1n) is 6.76. The van der Waals surface area contributed by atoms with Gasteiger partial charge in [0.15, 0.2) is 0 Å². The minimum absolute atomic E-state index is 0.0673. The number of hydrogen-bond donors (Lipinski definition) is 1. The summed E-state index contributed by atoms with van der Waals surface area (Å²) >= 11 is 3.48. The molecule has 0 aliphatic heterocycles. The van der Waals surface area contributed by atoms with Crippen LogP contribution < -0.4 is 14.8 Å². The molecule has 1 N–H and O–H groups in total. The van der Waals surface area contributed by atoms with Crippen LogP contribution in [0.2, 0.25) is 0 Å². The first-order valence-corrected chi connectivity index (χ1v) is 7.55. The molecule has 0 aromatic heterocycles. The Balaban J connectivity index is 2.46. The van der Waals surface area contributed by atoms with Gasteiger partial charge < -0.3 is 14.8 Å². The van der Waals surface area contributed by atoms with E-state index in [1.165, 1.54) is 5.56 Å². The lowest BCUT2D eigenvalue weighted by atomic mass is 9.96. The van der Waals surface area contributed by atoms with Gasteiger partial charge in [0, 0.05) is 10.0 Å². The van der Waals surface area contributed by atoms with Gasteiger partial charge in [-0.2, -0.15) is 0 Å². The van der Waals surface area contributed by atoms with Crippen molar-refractivity contribution in [3.05, 3.63) is 57.6 Å². The Kier molecular flexibility index (Phi) is 5.26. The fourth-order valence-corrected chi connectivity index (χ4v) is 2.85. The summed E-state index contributed by atoms with van der Waals surface area (Å²) in [5.74, 6) is 1.76. The third-order valence-corrected chi connectivity index (χ3v) is 4.04. The summed E-state index contributed by atoms with van der Waals surface area (Å²) < 4.78 is 11.8. The van der Waals surface area contributed by atoms with E-state index < -0.39 is 0 Å². The van der Waals surface area contributed by atoms with Crippen LogP contribution in [0.1, 0.15) is 22.7 Å². The van der Waals surface area contributed by atoms with Crippen LogP contribution in [-0.4, -0.2) is 21.3 Å². The molecule has 112 valence electrons. The zero-order valence-electron chi connectivity index (χ0n) is 12.7. The second-order valence-electron chi connectivity index (χ2n) is 4.84. The van der Waals surface area contributed by atoms with Crippen LogP contribution in [0.4, 0.5) is 0 Å². The summed E-state index contributed by atoms with van der Waals surface area (Å²) in [6, 6.07) is 12.4. The molecule has 0 saturated carbocycles. The third kappa shape index (κ3) is 3.39. The Labute approximate surface area is 134 Å². The second kappa shape index (κ2) is 6.96. The second-order valence-corrected chi connectivity index (χ2v) is 5.75. The molecule has 0 saturated heterocycles. The van der Waals surface area contributed by atoms with Crippen molar-refractivity contribution in [2.45, 2.75) is 13.0 Å². The fraction of sp³-hybridized carbons (Fsp3) is 0.294. The Bertz CT molecular complexity index is 628. The molecule has 2 rings (SSSR count). The lowest BCUT2D eigenvalue weighted by Crippen LogP contribution is -2.18. The van der Waals surface area contributed by atoms with E-state index in [2.05, 4.69) is 39.4 Å². The van der Waals surface area contributed by atoms with Gasteiger partial charge in [-0.3, -0.25) is 0 Å². The van der Waals surface area contributed by atoms with Crippen molar-refractivity contribution < 1.29 is 9.47 Å². The summed E-state index contributed by atoms with van der Waals surface area (Å²) in [7, 11) is 5.33. The third-order valence-electron chi connectivity index (χ3n) is 3.55. The van der Waals surface area contributed by atoms with Gasteiger partial charge in [0.05, 0.1) is 20.3 Å². The predicted molar refractivity (Wildman–Crippen MR) is 89.3 cm³/mol. The van der Waals surface area contributed by atoms with E-state index in [-0.39, 0.29) is 6.04 Å². The van der Waals surface area contributed by atoms with Crippen LogP contribution >= 0.6 is 15.9 Å². The standard InChI is InChI=1S/C17H20BrNO2/c1-11-9-12(5-8-15(11)20-3)17(19-2)14-7-6-13(18)10-16(14)21-4/h5-10,17,19H,1-4H3. The van der Waals surface area contributed by atoms with Crippen molar-refractivity contribution in [3.8, 4) is 11.5 Å². The highest BCUT2D eigenvalue weighted by molar-refractivity contribution is 9.10. The molecule has 0 fully saturated rings. The zero-order valence-corrected chi connectivity index (χ0v) is 14.3. The first-order chi connectivity index (χ1) is 10.1. The highest BCUT2D eigenvalue weighted by atomic mass is 79.9. The van der Waals surface area contributed by atoms with Gasteiger partial charge >= 0.3 is 0 Å². The molecule has 0 aliphatic rings. The molecule has 3 nitrogen and oxygen atoms in total. The zero-order chi connectivity index (χ0) is 15.4. The van der Waals surface area contributed by atoms with Gasteiger partial charge in [0.2, 0.25) is 0 Å². The number of methoxy groups -OCH3 is 2. The van der Waals surface area contributed by atoms with Gasteiger partial charge in [0.1, 0.15) is 11.5 Å². The van der Waals surface area contributed by atoms with Gasteiger partial charge in [-0.15, -0.1) is 0 Å². The Morgan fingerprint density at radius 3 is 2.29 bits per heavy atom. The van der Waals surface area contributed by atoms with Gasteiger partial charge in [0.25, 0.3) is 0 Å². The van der Waals surface area contributed by atoms with Crippen molar-refractivity contribution in [1.82, 2.24) is 5.32 Å². The Hall–Kier alpha value is -1.52. The maximum atomic E-state index is 5.51. The average molecular weight is 350 g/mol. The minimum Gasteiger partial charge on any atom is -0.496 e. The number of halogens is 1. The van der Waals surface area contributed by atoms with Crippen LogP contribution in [0.25, 0.3) is 0 Å². The minimum atomic E-state index is 0.0673. The molecular weight excluding hydrogens is 330 g/mol. The Morgan fingerprint density at radius 2 is 1.71 bits per heavy atom. The normalized spacial score (nSPS) is 12.0. The number of benzene rings is 2. The molecule has 2 aromatic rings. The molecule has 1 unspecified atom stereocenters. The van der Waals surface area contributed by atoms with Gasteiger partial charge in [-0.05, 0) is 43.3 Å². The lowest BCUT2D eigenvalue weighted by Gasteiger charge is -2.21. The van der Waals surface area contributed by atoms with E-state index in [1.807, 2.05) is 32.2 Å². The highest BCUT2D eigenvalue weighted by Gasteiger charge is 2.17. The number of ether oxygens (including phenoxy) is 2. The fourth-order valence-electron chi connectivity index (χ4n) is 2.51. The summed E-state index contributed by atoms with van der Waals surface area (Å²) in [6.07, 6.45) is 0. The first kappa shape index (κ1) is 15.9. The van der Waals surface area contributed by atoms with Crippen molar-refractivity contribution >= 4 is 15.9 Å². The number of aryl methyl sites for hydroxylation is 1. The topological polar surface area (TPSA) is 30.5 Å². The van der Waals surface area contributed by atoms with Gasteiger partial charge in [-0.25, -0.2) is 0 Å². The highest BCUT2D eigenvalue weighted by Crippen LogP contribution is 2.33. The lowest BCUT2D eigenvalue weighted by molar-refractivity contribution is 0.404. The molecule has 4 heteroatoms. The maximum Gasteiger partial charge on any atom is 0.125 e. The van der Waals surface area contributed by atoms with E-state index in [4.69, 9.17) is 9.47 Å². The van der Waals surface area contributed by atoms with Crippen LogP contribution in [0.3, 0.4) is 0 Å². The Morgan fingerprint density at radius 1 is 1.00 bits per heavy atom. The molecule has 0 radical (unpaired) electrons. The molecule has 0 aliphatic carbocycles. The van der Waals surface area contributed by atoms with Crippen molar-refractivity contribution in [1.29, 1.82) is 0 Å². The van der Waals surface area contributed by atoms with Crippen molar-refractivity contribution in [2.75, 3.05) is 21.3 Å². The molecular formula is C17H20BrNO2. The van der Waals surface area contributed by atoms with Crippen LogP contribution in [-0.2, 0) is 0 Å². The van der Waals surface area contributed by atoms with Crippen molar-refractivity contribution in [2.24, 2.45) is 0 Å². The van der Waals surface area contributed by atoms with E-state index in [0.29, 0.717) is 0 Å². The monoisotopic (exact) mass is 349 g/mol. The average Bonchev–Trinajstić information content (AvgIpc) is 2.49. The summed E-state index contributed by atoms with van der Waals surface area (Å²) in [5.41, 5.74) is 3.40. The van der Waals surface area contributed by atoms with Crippen molar-refractivity contribution in [3.63, 3.8) is 0 Å². The molecule has 2 aromatic carbocycles. The largest absolute Gasteiger partial charge is 0.496 e. The predicted octanol–water partition coefficient (Wildman–Crippen LogP) is 4.08. The molecule has 21 heavy (non-hydrogen) atoms. The van der Waals surface area contributed by atoms with Gasteiger partial charge in [-0.1, -0.05) is 34.1 Å². The summed E-state index contributed by atoms with van der Waals surface area (Å²) in [5, 5.41) is 3.36. The summed E-state index contributed by atoms with van der Waals surface area (Å²) in [6.45, 7) is 2.05. The molecule has 0 heterocycles. The molecule has 0 amide bonds. The molecule has 1 atom stereocenters. The van der Waals surface area contributed by atoms with Crippen LogP contribution in [0.15, 0.2) is 40.9 Å². The molecule has 0 bridgehead atoms. The maximum absolute atomic E-state index is 5.51. The van der Waals surface area contributed by atoms with E-state index >= 15 is 0 Å². The van der Waals surface area contributed by atoms with E-state index in [1.54, 1.807) is 14.2 Å². The van der Waals surface area contributed by atoms with Crippen LogP contribution in [0.5, 0.6) is 11.5 Å². The van der Waals surface area contributed by atoms with E-state index in [9.17, 15) is 0 Å². The van der Waals surface area contributed by atoms with Crippen LogP contribution in [0, 0.1) is 6.92 Å². The smallest absolute Gasteiger partial charge is 0.125 e. The number of hydrogen-bond acceptors (Lipinski definition) is 3. The SMILES string of the molecule is CNC(c1ccc(OC)c(C)c1)c1ccc(Br)cc1OC. The summed E-state index contributed by atoms with van der Waals surface area (Å²) in [4.78, 5) is 0. The number of rotatable bonds is 5.